The molecule has 0 aliphatic heterocycles. The van der Waals surface area contributed by atoms with Crippen LogP contribution in [0.3, 0.4) is 0 Å². The molecule has 0 N–H and O–H groups in total. The van der Waals surface area contributed by atoms with Gasteiger partial charge < -0.3 is 14.2 Å². The molecule has 1 aliphatic rings. The highest BCUT2D eigenvalue weighted by Crippen LogP contribution is 2.31. The molecule has 1 saturated carbocycles. The predicted octanol–water partition coefficient (Wildman–Crippen LogP) is 2.60. The van der Waals surface area contributed by atoms with E-state index in [9.17, 15) is 0 Å². The van der Waals surface area contributed by atoms with Crippen molar-refractivity contribution in [3.05, 3.63) is 0 Å². The minimum absolute atomic E-state index is 0.0767. The molecule has 0 saturated heterocycles. The number of ether oxygens (including phenoxy) is 3. The van der Waals surface area contributed by atoms with E-state index in [4.69, 9.17) is 25.8 Å². The summed E-state index contributed by atoms with van der Waals surface area (Å²) >= 11 is 6.07. The van der Waals surface area contributed by atoms with Gasteiger partial charge in [0.05, 0.1) is 24.7 Å². The molecule has 0 radical (unpaired) electrons. The average molecular weight is 251 g/mol. The van der Waals surface area contributed by atoms with Crippen LogP contribution in [-0.4, -0.2) is 44.0 Å². The van der Waals surface area contributed by atoms with Crippen molar-refractivity contribution in [1.82, 2.24) is 0 Å². The van der Waals surface area contributed by atoms with Gasteiger partial charge in [-0.25, -0.2) is 0 Å². The largest absolute Gasteiger partial charge is 0.379 e. The molecule has 16 heavy (non-hydrogen) atoms. The summed E-state index contributed by atoms with van der Waals surface area (Å²) < 4.78 is 16.6. The van der Waals surface area contributed by atoms with Crippen LogP contribution in [0.25, 0.3) is 0 Å². The average Bonchev–Trinajstić information content (AvgIpc) is 2.27. The van der Waals surface area contributed by atoms with Crippen molar-refractivity contribution in [1.29, 1.82) is 0 Å². The monoisotopic (exact) mass is 250 g/mol. The van der Waals surface area contributed by atoms with Gasteiger partial charge in [0.25, 0.3) is 0 Å². The van der Waals surface area contributed by atoms with E-state index in [1.165, 1.54) is 0 Å². The Kier molecular flexibility index (Phi) is 7.37. The Morgan fingerprint density at radius 2 is 1.75 bits per heavy atom. The van der Waals surface area contributed by atoms with Gasteiger partial charge >= 0.3 is 0 Å². The lowest BCUT2D eigenvalue weighted by atomic mass is 9.91. The zero-order valence-corrected chi connectivity index (χ0v) is 11.0. The second kappa shape index (κ2) is 8.29. The first kappa shape index (κ1) is 14.2. The SMILES string of the molecule is CCCOCCOC1CC(Cl)C1OCCC. The Balaban J connectivity index is 2.03. The van der Waals surface area contributed by atoms with Gasteiger partial charge in [0.15, 0.2) is 0 Å². The predicted molar refractivity (Wildman–Crippen MR) is 65.1 cm³/mol. The highest BCUT2D eigenvalue weighted by atomic mass is 35.5. The molecule has 1 fully saturated rings. The Labute approximate surface area is 103 Å². The van der Waals surface area contributed by atoms with Crippen molar-refractivity contribution < 1.29 is 14.2 Å². The van der Waals surface area contributed by atoms with E-state index in [-0.39, 0.29) is 17.6 Å². The minimum Gasteiger partial charge on any atom is -0.379 e. The Morgan fingerprint density at radius 1 is 1.00 bits per heavy atom. The third-order valence-electron chi connectivity index (χ3n) is 2.60. The molecule has 3 unspecified atom stereocenters. The molecule has 4 heteroatoms. The second-order valence-corrected chi connectivity index (χ2v) is 4.67. The van der Waals surface area contributed by atoms with Crippen LogP contribution in [0.2, 0.25) is 0 Å². The molecule has 0 aromatic heterocycles. The standard InChI is InChI=1S/C12H23ClO3/c1-3-5-14-7-8-15-11-9-10(13)12(11)16-6-4-2/h10-12H,3-9H2,1-2H3. The first-order chi connectivity index (χ1) is 7.79. The Morgan fingerprint density at radius 3 is 2.38 bits per heavy atom. The summed E-state index contributed by atoms with van der Waals surface area (Å²) in [6, 6.07) is 0. The zero-order chi connectivity index (χ0) is 11.8. The molecular weight excluding hydrogens is 228 g/mol. The zero-order valence-electron chi connectivity index (χ0n) is 10.3. The van der Waals surface area contributed by atoms with Crippen LogP contribution in [-0.2, 0) is 14.2 Å². The summed E-state index contributed by atoms with van der Waals surface area (Å²) in [6.07, 6.45) is 3.21. The molecule has 3 atom stereocenters. The molecule has 0 heterocycles. The number of rotatable bonds is 9. The third kappa shape index (κ3) is 4.58. The fourth-order valence-corrected chi connectivity index (χ4v) is 2.07. The van der Waals surface area contributed by atoms with Gasteiger partial charge in [0.1, 0.15) is 6.10 Å². The molecular formula is C12H23ClO3. The van der Waals surface area contributed by atoms with Gasteiger partial charge in [0, 0.05) is 13.2 Å². The highest BCUT2D eigenvalue weighted by Gasteiger charge is 2.41. The van der Waals surface area contributed by atoms with E-state index in [0.29, 0.717) is 13.2 Å². The lowest BCUT2D eigenvalue weighted by Crippen LogP contribution is -2.51. The van der Waals surface area contributed by atoms with Crippen LogP contribution in [0.1, 0.15) is 33.1 Å². The smallest absolute Gasteiger partial charge is 0.100 e. The molecule has 0 aromatic carbocycles. The fraction of sp³-hybridized carbons (Fsp3) is 1.00. The van der Waals surface area contributed by atoms with Gasteiger partial charge in [-0.15, -0.1) is 11.6 Å². The van der Waals surface area contributed by atoms with Crippen molar-refractivity contribution in [3.63, 3.8) is 0 Å². The van der Waals surface area contributed by atoms with Crippen LogP contribution >= 0.6 is 11.6 Å². The maximum Gasteiger partial charge on any atom is 0.100 e. The number of hydrogen-bond acceptors (Lipinski definition) is 3. The van der Waals surface area contributed by atoms with Crippen LogP contribution in [0, 0.1) is 0 Å². The highest BCUT2D eigenvalue weighted by molar-refractivity contribution is 6.21. The molecule has 1 aliphatic carbocycles. The van der Waals surface area contributed by atoms with Gasteiger partial charge in [0.2, 0.25) is 0 Å². The maximum absolute atomic E-state index is 6.07. The lowest BCUT2D eigenvalue weighted by Gasteiger charge is -2.40. The first-order valence-corrected chi connectivity index (χ1v) is 6.68. The third-order valence-corrected chi connectivity index (χ3v) is 3.03. The van der Waals surface area contributed by atoms with Crippen LogP contribution in [0.5, 0.6) is 0 Å². The van der Waals surface area contributed by atoms with Crippen molar-refractivity contribution in [2.24, 2.45) is 0 Å². The molecule has 1 rings (SSSR count). The normalized spacial score (nSPS) is 29.1. The van der Waals surface area contributed by atoms with Crippen molar-refractivity contribution in [2.45, 2.75) is 50.7 Å². The van der Waals surface area contributed by atoms with E-state index in [1.54, 1.807) is 0 Å². The summed E-state index contributed by atoms with van der Waals surface area (Å²) in [7, 11) is 0. The summed E-state index contributed by atoms with van der Waals surface area (Å²) in [4.78, 5) is 0. The molecule has 3 nitrogen and oxygen atoms in total. The Hall–Kier alpha value is 0.170. The molecule has 0 spiro atoms. The van der Waals surface area contributed by atoms with Crippen molar-refractivity contribution in [3.8, 4) is 0 Å². The van der Waals surface area contributed by atoms with E-state index in [1.807, 2.05) is 0 Å². The lowest BCUT2D eigenvalue weighted by molar-refractivity contribution is -0.131. The molecule has 0 bridgehead atoms. The number of halogens is 1. The van der Waals surface area contributed by atoms with E-state index < -0.39 is 0 Å². The van der Waals surface area contributed by atoms with Crippen LogP contribution in [0.4, 0.5) is 0 Å². The van der Waals surface area contributed by atoms with Crippen molar-refractivity contribution >= 4 is 11.6 Å². The minimum atomic E-state index is 0.0767. The van der Waals surface area contributed by atoms with Gasteiger partial charge in [-0.2, -0.15) is 0 Å². The topological polar surface area (TPSA) is 27.7 Å². The summed E-state index contributed by atoms with van der Waals surface area (Å²) in [5.74, 6) is 0. The first-order valence-electron chi connectivity index (χ1n) is 6.24. The summed E-state index contributed by atoms with van der Waals surface area (Å²) in [6.45, 7) is 7.07. The number of hydrogen-bond donors (Lipinski definition) is 0. The van der Waals surface area contributed by atoms with E-state index >= 15 is 0 Å². The van der Waals surface area contributed by atoms with Crippen LogP contribution in [0.15, 0.2) is 0 Å². The quantitative estimate of drug-likeness (QED) is 0.465. The number of alkyl halides is 1. The van der Waals surface area contributed by atoms with E-state index in [0.717, 1.165) is 32.5 Å². The van der Waals surface area contributed by atoms with E-state index in [2.05, 4.69) is 13.8 Å². The summed E-state index contributed by atoms with van der Waals surface area (Å²) in [5, 5.41) is 0.119. The Bertz CT molecular complexity index is 178. The van der Waals surface area contributed by atoms with Gasteiger partial charge in [-0.3, -0.25) is 0 Å². The molecule has 0 aromatic rings. The molecule has 96 valence electrons. The van der Waals surface area contributed by atoms with Crippen molar-refractivity contribution in [2.75, 3.05) is 26.4 Å². The fourth-order valence-electron chi connectivity index (χ4n) is 1.66. The van der Waals surface area contributed by atoms with Crippen LogP contribution < -0.4 is 0 Å². The van der Waals surface area contributed by atoms with Gasteiger partial charge in [-0.05, 0) is 19.3 Å². The maximum atomic E-state index is 6.07. The summed E-state index contributed by atoms with van der Waals surface area (Å²) in [5.41, 5.74) is 0. The second-order valence-electron chi connectivity index (χ2n) is 4.11. The molecule has 0 amide bonds. The van der Waals surface area contributed by atoms with Gasteiger partial charge in [-0.1, -0.05) is 13.8 Å².